The molecule has 0 unspecified atom stereocenters. The number of amides is 1. The van der Waals surface area contributed by atoms with Crippen molar-refractivity contribution in [3.05, 3.63) is 66.2 Å². The Morgan fingerprint density at radius 2 is 1.53 bits per heavy atom. The van der Waals surface area contributed by atoms with Gasteiger partial charge in [-0.15, -0.1) is 11.8 Å². The molecule has 96 valence electrons. The Morgan fingerprint density at radius 1 is 0.947 bits per heavy atom. The number of benzene rings is 2. The Kier molecular flexibility index (Phi) is 3.30. The minimum atomic E-state index is -0.00481. The first-order chi connectivity index (χ1) is 9.27. The van der Waals surface area contributed by atoms with Crippen molar-refractivity contribution in [1.82, 2.24) is 4.90 Å². The highest BCUT2D eigenvalue weighted by Gasteiger charge is 2.46. The average molecular weight is 269 g/mol. The van der Waals surface area contributed by atoms with E-state index in [1.807, 2.05) is 48.3 Å². The first-order valence-corrected chi connectivity index (χ1v) is 7.18. The van der Waals surface area contributed by atoms with E-state index >= 15 is 0 Å². The molecule has 0 bridgehead atoms. The van der Waals surface area contributed by atoms with Crippen LogP contribution >= 0.6 is 11.8 Å². The molecule has 0 aliphatic carbocycles. The standard InChI is InChI=1S/C16H15NOS/c1-17-14(12-8-4-2-5-9-12)15(16(17)18)19-13-10-6-3-7-11-13/h2-11,14-15H,1H3/t14-,15-/m0/s1. The van der Waals surface area contributed by atoms with Gasteiger partial charge < -0.3 is 4.90 Å². The van der Waals surface area contributed by atoms with Gasteiger partial charge in [0.2, 0.25) is 5.91 Å². The van der Waals surface area contributed by atoms with Gasteiger partial charge in [0, 0.05) is 11.9 Å². The molecule has 1 heterocycles. The number of β-lactam (4-membered cyclic amide) rings is 1. The molecule has 0 aromatic heterocycles. The molecule has 0 saturated carbocycles. The Morgan fingerprint density at radius 3 is 2.16 bits per heavy atom. The van der Waals surface area contributed by atoms with Crippen molar-refractivity contribution in [3.8, 4) is 0 Å². The summed E-state index contributed by atoms with van der Waals surface area (Å²) in [4.78, 5) is 15.0. The highest BCUT2D eigenvalue weighted by atomic mass is 32.2. The van der Waals surface area contributed by atoms with Crippen LogP contribution in [0.15, 0.2) is 65.6 Å². The van der Waals surface area contributed by atoms with Gasteiger partial charge in [0.15, 0.2) is 0 Å². The molecule has 19 heavy (non-hydrogen) atoms. The van der Waals surface area contributed by atoms with Crippen LogP contribution in [0.3, 0.4) is 0 Å². The van der Waals surface area contributed by atoms with Crippen molar-refractivity contribution in [1.29, 1.82) is 0 Å². The normalized spacial score (nSPS) is 22.2. The number of carbonyl (C=O) groups is 1. The van der Waals surface area contributed by atoms with Crippen molar-refractivity contribution < 1.29 is 4.79 Å². The fraction of sp³-hybridized carbons (Fsp3) is 0.188. The first kappa shape index (κ1) is 12.3. The maximum atomic E-state index is 12.1. The molecule has 3 heteroatoms. The minimum absolute atomic E-state index is 0.00481. The fourth-order valence-corrected chi connectivity index (χ4v) is 3.75. The molecular formula is C16H15NOS. The van der Waals surface area contributed by atoms with E-state index in [1.54, 1.807) is 11.8 Å². The van der Waals surface area contributed by atoms with Crippen molar-refractivity contribution in [2.24, 2.45) is 0 Å². The van der Waals surface area contributed by atoms with Crippen LogP contribution in [0, 0.1) is 0 Å². The molecule has 1 aliphatic heterocycles. The predicted molar refractivity (Wildman–Crippen MR) is 78.0 cm³/mol. The second-order valence-corrected chi connectivity index (χ2v) is 5.87. The zero-order chi connectivity index (χ0) is 13.2. The Hall–Kier alpha value is -1.74. The number of nitrogens with zero attached hydrogens (tertiary/aromatic N) is 1. The molecule has 0 spiro atoms. The van der Waals surface area contributed by atoms with Gasteiger partial charge in [-0.3, -0.25) is 4.79 Å². The molecule has 2 aromatic rings. The van der Waals surface area contributed by atoms with Gasteiger partial charge in [0.1, 0.15) is 5.25 Å². The van der Waals surface area contributed by atoms with Gasteiger partial charge in [-0.05, 0) is 17.7 Å². The van der Waals surface area contributed by atoms with E-state index < -0.39 is 0 Å². The lowest BCUT2D eigenvalue weighted by atomic mass is 9.94. The summed E-state index contributed by atoms with van der Waals surface area (Å²) in [6.45, 7) is 0. The van der Waals surface area contributed by atoms with Gasteiger partial charge in [-0.1, -0.05) is 48.5 Å². The van der Waals surface area contributed by atoms with Gasteiger partial charge >= 0.3 is 0 Å². The molecule has 2 nitrogen and oxygen atoms in total. The van der Waals surface area contributed by atoms with E-state index in [0.717, 1.165) is 4.90 Å². The average Bonchev–Trinajstić information content (AvgIpc) is 2.48. The molecule has 1 fully saturated rings. The number of carbonyl (C=O) groups excluding carboxylic acids is 1. The fourth-order valence-electron chi connectivity index (χ4n) is 2.40. The summed E-state index contributed by atoms with van der Waals surface area (Å²) in [5.74, 6) is 0.211. The first-order valence-electron chi connectivity index (χ1n) is 6.31. The Labute approximate surface area is 117 Å². The van der Waals surface area contributed by atoms with E-state index in [1.165, 1.54) is 5.56 Å². The summed E-state index contributed by atoms with van der Waals surface area (Å²) in [5, 5.41) is -0.00481. The number of likely N-dealkylation sites (tertiary alicyclic amines) is 1. The van der Waals surface area contributed by atoms with Crippen LogP contribution in [0.25, 0.3) is 0 Å². The van der Waals surface area contributed by atoms with E-state index in [2.05, 4.69) is 24.3 Å². The van der Waals surface area contributed by atoms with Crippen molar-refractivity contribution in [3.63, 3.8) is 0 Å². The highest BCUT2D eigenvalue weighted by Crippen LogP contribution is 2.43. The number of thioether (sulfide) groups is 1. The molecule has 1 saturated heterocycles. The van der Waals surface area contributed by atoms with E-state index in [4.69, 9.17) is 0 Å². The zero-order valence-electron chi connectivity index (χ0n) is 10.7. The summed E-state index contributed by atoms with van der Waals surface area (Å²) in [6, 6.07) is 20.5. The Balaban J connectivity index is 1.82. The van der Waals surface area contributed by atoms with Crippen LogP contribution in [0.2, 0.25) is 0 Å². The smallest absolute Gasteiger partial charge is 0.238 e. The van der Waals surface area contributed by atoms with Crippen molar-refractivity contribution in [2.75, 3.05) is 7.05 Å². The summed E-state index contributed by atoms with van der Waals surface area (Å²) in [5.41, 5.74) is 1.21. The van der Waals surface area contributed by atoms with Crippen molar-refractivity contribution in [2.45, 2.75) is 16.2 Å². The summed E-state index contributed by atoms with van der Waals surface area (Å²) in [6.07, 6.45) is 0. The van der Waals surface area contributed by atoms with Gasteiger partial charge in [-0.25, -0.2) is 0 Å². The molecule has 2 aromatic carbocycles. The maximum Gasteiger partial charge on any atom is 0.238 e. The summed E-state index contributed by atoms with van der Waals surface area (Å²) < 4.78 is 0. The van der Waals surface area contributed by atoms with Crippen LogP contribution in [0.4, 0.5) is 0 Å². The summed E-state index contributed by atoms with van der Waals surface area (Å²) >= 11 is 1.65. The molecule has 0 N–H and O–H groups in total. The SMILES string of the molecule is CN1C(=O)[C@@H](Sc2ccccc2)[C@@H]1c1ccccc1. The lowest BCUT2D eigenvalue weighted by Gasteiger charge is -2.44. The van der Waals surface area contributed by atoms with Crippen LogP contribution in [0.5, 0.6) is 0 Å². The lowest BCUT2D eigenvalue weighted by Crippen LogP contribution is -2.54. The molecule has 1 amide bonds. The minimum Gasteiger partial charge on any atom is -0.336 e. The maximum absolute atomic E-state index is 12.1. The van der Waals surface area contributed by atoms with Crippen LogP contribution < -0.4 is 0 Å². The van der Waals surface area contributed by atoms with Crippen LogP contribution in [-0.2, 0) is 4.79 Å². The predicted octanol–water partition coefficient (Wildman–Crippen LogP) is 3.36. The number of hydrogen-bond donors (Lipinski definition) is 0. The second-order valence-electron chi connectivity index (χ2n) is 4.66. The quantitative estimate of drug-likeness (QED) is 0.796. The largest absolute Gasteiger partial charge is 0.336 e. The van der Waals surface area contributed by atoms with E-state index in [9.17, 15) is 4.79 Å². The molecule has 0 radical (unpaired) electrons. The van der Waals surface area contributed by atoms with E-state index in [-0.39, 0.29) is 17.2 Å². The van der Waals surface area contributed by atoms with Crippen LogP contribution in [0.1, 0.15) is 11.6 Å². The third-order valence-electron chi connectivity index (χ3n) is 3.44. The second kappa shape index (κ2) is 5.10. The number of rotatable bonds is 3. The van der Waals surface area contributed by atoms with Crippen LogP contribution in [-0.4, -0.2) is 23.1 Å². The third kappa shape index (κ3) is 2.26. The molecular weight excluding hydrogens is 254 g/mol. The molecule has 2 atom stereocenters. The van der Waals surface area contributed by atoms with Gasteiger partial charge in [-0.2, -0.15) is 0 Å². The third-order valence-corrected chi connectivity index (χ3v) is 4.70. The summed E-state index contributed by atoms with van der Waals surface area (Å²) in [7, 11) is 1.88. The van der Waals surface area contributed by atoms with Gasteiger partial charge in [0.25, 0.3) is 0 Å². The zero-order valence-corrected chi connectivity index (χ0v) is 11.5. The van der Waals surface area contributed by atoms with Gasteiger partial charge in [0.05, 0.1) is 6.04 Å². The molecule has 3 rings (SSSR count). The van der Waals surface area contributed by atoms with Crippen molar-refractivity contribution >= 4 is 17.7 Å². The monoisotopic (exact) mass is 269 g/mol. The van der Waals surface area contributed by atoms with E-state index in [0.29, 0.717) is 0 Å². The Bertz CT molecular complexity index is 570. The lowest BCUT2D eigenvalue weighted by molar-refractivity contribution is -0.142. The topological polar surface area (TPSA) is 20.3 Å². The molecule has 1 aliphatic rings. The highest BCUT2D eigenvalue weighted by molar-refractivity contribution is 8.00. The number of hydrogen-bond acceptors (Lipinski definition) is 2.